The van der Waals surface area contributed by atoms with Crippen LogP contribution in [0, 0.1) is 29.1 Å². The molecule has 1 aromatic heterocycles. The van der Waals surface area contributed by atoms with E-state index in [1.54, 1.807) is 24.3 Å². The number of carbonyl (C=O) groups excluding carboxylic acids is 4. The second kappa shape index (κ2) is 10.6. The number of benzene rings is 2. The minimum Gasteiger partial charge on any atom is -0.491 e. The fourth-order valence-electron chi connectivity index (χ4n) is 7.97. The molecule has 0 spiro atoms. The number of carbonyl (C=O) groups is 4. The number of allylic oxidation sites excluding steroid dienone is 2. The van der Waals surface area contributed by atoms with Crippen LogP contribution in [0.3, 0.4) is 0 Å². The van der Waals surface area contributed by atoms with Crippen LogP contribution in [-0.2, 0) is 25.7 Å². The number of hydrogen-bond acceptors (Lipinski definition) is 7. The van der Waals surface area contributed by atoms with Gasteiger partial charge in [0.05, 0.1) is 42.0 Å². The summed E-state index contributed by atoms with van der Waals surface area (Å²) in [6, 6.07) is 20.2. The van der Waals surface area contributed by atoms with E-state index < -0.39 is 29.1 Å². The first-order valence-corrected chi connectivity index (χ1v) is 15.6. The number of aliphatic hydroxyl groups is 1. The zero-order valence-corrected chi connectivity index (χ0v) is 24.5. The first kappa shape index (κ1) is 27.7. The molecular formula is C34H32N2O6S. The van der Waals surface area contributed by atoms with Gasteiger partial charge >= 0.3 is 0 Å². The Balaban J connectivity index is 1.36. The fourth-order valence-corrected chi connectivity index (χ4v) is 8.66. The predicted octanol–water partition coefficient (Wildman–Crippen LogP) is 4.55. The van der Waals surface area contributed by atoms with E-state index in [2.05, 4.69) is 0 Å². The van der Waals surface area contributed by atoms with Gasteiger partial charge in [-0.1, -0.05) is 54.1 Å². The van der Waals surface area contributed by atoms with Crippen molar-refractivity contribution in [2.75, 3.05) is 18.1 Å². The molecule has 2 aliphatic heterocycles. The summed E-state index contributed by atoms with van der Waals surface area (Å²) < 4.78 is 5.97. The van der Waals surface area contributed by atoms with E-state index in [4.69, 9.17) is 4.74 Å². The van der Waals surface area contributed by atoms with Crippen LogP contribution in [0.1, 0.15) is 36.1 Å². The molecule has 3 fully saturated rings. The lowest BCUT2D eigenvalue weighted by atomic mass is 9.51. The quantitative estimate of drug-likeness (QED) is 0.317. The van der Waals surface area contributed by atoms with Gasteiger partial charge in [0, 0.05) is 16.4 Å². The Morgan fingerprint density at radius 2 is 1.70 bits per heavy atom. The molecule has 1 N–H and O–H groups in total. The van der Waals surface area contributed by atoms with Crippen molar-refractivity contribution in [3.8, 4) is 5.75 Å². The molecule has 4 amide bonds. The molecule has 1 saturated carbocycles. The molecule has 2 saturated heterocycles. The van der Waals surface area contributed by atoms with Crippen LogP contribution in [0.15, 0.2) is 83.8 Å². The molecule has 0 radical (unpaired) electrons. The van der Waals surface area contributed by atoms with Gasteiger partial charge in [0.2, 0.25) is 23.6 Å². The molecule has 3 aromatic rings. The Hall–Kier alpha value is -4.08. The summed E-state index contributed by atoms with van der Waals surface area (Å²) in [4.78, 5) is 60.0. The predicted molar refractivity (Wildman–Crippen MR) is 160 cm³/mol. The van der Waals surface area contributed by atoms with Gasteiger partial charge in [-0.15, -0.1) is 11.3 Å². The highest BCUT2D eigenvalue weighted by Crippen LogP contribution is 2.64. The number of rotatable bonds is 7. The Morgan fingerprint density at radius 3 is 2.44 bits per heavy atom. The van der Waals surface area contributed by atoms with Gasteiger partial charge in [-0.25, -0.2) is 4.90 Å². The molecule has 7 rings (SSSR count). The summed E-state index contributed by atoms with van der Waals surface area (Å²) in [5.41, 5.74) is 1.01. The fraction of sp³-hybridized carbons (Fsp3) is 0.353. The summed E-state index contributed by atoms with van der Waals surface area (Å²) in [6.45, 7) is 2.00. The number of fused-ring (bicyclic) bond motifs is 4. The smallest absolute Gasteiger partial charge is 0.241 e. The molecule has 220 valence electrons. The Bertz CT molecular complexity index is 1640. The highest BCUT2D eigenvalue weighted by molar-refractivity contribution is 7.09. The molecule has 43 heavy (non-hydrogen) atoms. The van der Waals surface area contributed by atoms with E-state index in [9.17, 15) is 24.3 Å². The third kappa shape index (κ3) is 4.12. The standard InChI is InChI=1S/C34H32N2O6S/c1-34-26(31(39)36(33(34)41)20-8-3-2-4-9-20)18-25-22(29(34)23-11-5-6-12-27(23)42-16-15-37)13-14-24-28(25)32(40)35(30(24)38)19-21-10-7-17-43-21/h2-13,17,24-26,28-29,37H,14-16,18-19H2,1H3. The van der Waals surface area contributed by atoms with Gasteiger partial charge in [-0.05, 0) is 55.3 Å². The molecule has 2 aromatic carbocycles. The number of para-hydroxylation sites is 2. The lowest BCUT2D eigenvalue weighted by molar-refractivity contribution is -0.141. The van der Waals surface area contributed by atoms with Gasteiger partial charge in [-0.2, -0.15) is 0 Å². The molecule has 6 atom stereocenters. The number of anilines is 1. The van der Waals surface area contributed by atoms with E-state index in [-0.39, 0.29) is 49.3 Å². The van der Waals surface area contributed by atoms with Gasteiger partial charge in [0.15, 0.2) is 0 Å². The molecule has 4 aliphatic rings. The van der Waals surface area contributed by atoms with Crippen LogP contribution in [0.25, 0.3) is 0 Å². The number of imide groups is 2. The van der Waals surface area contributed by atoms with Gasteiger partial charge < -0.3 is 9.84 Å². The third-order valence-electron chi connectivity index (χ3n) is 9.85. The van der Waals surface area contributed by atoms with Crippen LogP contribution >= 0.6 is 11.3 Å². The van der Waals surface area contributed by atoms with E-state index in [0.717, 1.165) is 16.0 Å². The number of nitrogens with zero attached hydrogens (tertiary/aromatic N) is 2. The monoisotopic (exact) mass is 596 g/mol. The summed E-state index contributed by atoms with van der Waals surface area (Å²) in [7, 11) is 0. The Kier molecular flexibility index (Phi) is 6.82. The van der Waals surface area contributed by atoms with E-state index >= 15 is 0 Å². The minimum absolute atomic E-state index is 0.0741. The van der Waals surface area contributed by atoms with Crippen LogP contribution < -0.4 is 9.64 Å². The Labute approximate surface area is 253 Å². The molecule has 3 heterocycles. The van der Waals surface area contributed by atoms with Crippen molar-refractivity contribution in [3.05, 3.63) is 94.2 Å². The SMILES string of the molecule is CC12C(=O)N(c3ccccc3)C(=O)C1CC1C(=CCC3C(=O)N(Cc4cccs4)C(=O)C31)C2c1ccccc1OCCO. The largest absolute Gasteiger partial charge is 0.491 e. The van der Waals surface area contributed by atoms with Gasteiger partial charge in [0.1, 0.15) is 12.4 Å². The molecule has 6 unspecified atom stereocenters. The Morgan fingerprint density at radius 1 is 0.930 bits per heavy atom. The van der Waals surface area contributed by atoms with Gasteiger partial charge in [-0.3, -0.25) is 24.1 Å². The number of thiophene rings is 1. The first-order chi connectivity index (χ1) is 20.9. The normalized spacial score (nSPS) is 29.8. The average Bonchev–Trinajstić information content (AvgIpc) is 3.68. The lowest BCUT2D eigenvalue weighted by Crippen LogP contribution is -2.49. The first-order valence-electron chi connectivity index (χ1n) is 14.7. The topological polar surface area (TPSA) is 104 Å². The molecule has 0 bridgehead atoms. The maximum Gasteiger partial charge on any atom is 0.241 e. The maximum absolute atomic E-state index is 14.5. The van der Waals surface area contributed by atoms with Crippen LogP contribution in [-0.4, -0.2) is 46.8 Å². The summed E-state index contributed by atoms with van der Waals surface area (Å²) in [6.07, 6.45) is 2.74. The molecular weight excluding hydrogens is 564 g/mol. The summed E-state index contributed by atoms with van der Waals surface area (Å²) in [5.74, 6) is -3.17. The van der Waals surface area contributed by atoms with Crippen molar-refractivity contribution in [1.29, 1.82) is 0 Å². The van der Waals surface area contributed by atoms with Crippen molar-refractivity contribution >= 4 is 40.7 Å². The van der Waals surface area contributed by atoms with Crippen molar-refractivity contribution in [1.82, 2.24) is 4.90 Å². The highest BCUT2D eigenvalue weighted by atomic mass is 32.1. The van der Waals surface area contributed by atoms with E-state index in [1.165, 1.54) is 21.1 Å². The van der Waals surface area contributed by atoms with E-state index in [0.29, 0.717) is 24.3 Å². The maximum atomic E-state index is 14.5. The van der Waals surface area contributed by atoms with Crippen molar-refractivity contribution in [2.45, 2.75) is 32.2 Å². The highest BCUT2D eigenvalue weighted by Gasteiger charge is 2.67. The number of hydrogen-bond donors (Lipinski definition) is 1. The second-order valence-electron chi connectivity index (χ2n) is 11.9. The summed E-state index contributed by atoms with van der Waals surface area (Å²) in [5, 5.41) is 11.4. The average molecular weight is 597 g/mol. The zero-order chi connectivity index (χ0) is 29.9. The van der Waals surface area contributed by atoms with E-state index in [1.807, 2.05) is 60.8 Å². The van der Waals surface area contributed by atoms with Crippen molar-refractivity contribution in [2.24, 2.45) is 29.1 Å². The molecule has 2 aliphatic carbocycles. The van der Waals surface area contributed by atoms with Crippen LogP contribution in [0.2, 0.25) is 0 Å². The van der Waals surface area contributed by atoms with Crippen LogP contribution in [0.5, 0.6) is 5.75 Å². The van der Waals surface area contributed by atoms with Gasteiger partial charge in [0.25, 0.3) is 0 Å². The number of likely N-dealkylation sites (tertiary alicyclic amines) is 1. The minimum atomic E-state index is -1.15. The van der Waals surface area contributed by atoms with Crippen molar-refractivity contribution in [3.63, 3.8) is 0 Å². The molecule has 8 nitrogen and oxygen atoms in total. The number of aliphatic hydroxyl groups excluding tert-OH is 1. The number of amides is 4. The lowest BCUT2D eigenvalue weighted by Gasteiger charge is -2.49. The third-order valence-corrected chi connectivity index (χ3v) is 10.7. The molecule has 9 heteroatoms. The number of ether oxygens (including phenoxy) is 1. The zero-order valence-electron chi connectivity index (χ0n) is 23.7. The van der Waals surface area contributed by atoms with Crippen LogP contribution in [0.4, 0.5) is 5.69 Å². The summed E-state index contributed by atoms with van der Waals surface area (Å²) >= 11 is 1.51. The van der Waals surface area contributed by atoms with Crippen molar-refractivity contribution < 1.29 is 29.0 Å². The second-order valence-corrected chi connectivity index (χ2v) is 13.0.